The zero-order valence-electron chi connectivity index (χ0n) is 11.1. The molecule has 0 radical (unpaired) electrons. The molecule has 2 aromatic rings. The molecule has 2 rings (SSSR count). The number of nitrogens with one attached hydrogen (secondary N) is 2. The first-order valence-electron chi connectivity index (χ1n) is 5.96. The number of ether oxygens (including phenoxy) is 1. The van der Waals surface area contributed by atoms with Gasteiger partial charge in [-0.3, -0.25) is 15.1 Å². The summed E-state index contributed by atoms with van der Waals surface area (Å²) < 4.78 is 17.9. The quantitative estimate of drug-likeness (QED) is 0.910. The number of hydrogen-bond donors (Lipinski definition) is 2. The summed E-state index contributed by atoms with van der Waals surface area (Å²) in [6.07, 6.45) is 1.71. The lowest BCUT2D eigenvalue weighted by molar-refractivity contribution is 0.102. The highest BCUT2D eigenvalue weighted by atomic mass is 19.1. The zero-order valence-corrected chi connectivity index (χ0v) is 11.1. The highest BCUT2D eigenvalue weighted by Crippen LogP contribution is 2.15. The van der Waals surface area contributed by atoms with Crippen LogP contribution in [0, 0.1) is 5.82 Å². The van der Waals surface area contributed by atoms with E-state index in [0.29, 0.717) is 11.4 Å². The maximum absolute atomic E-state index is 13.4. The number of nitrogens with zero attached hydrogens (tertiary/aromatic N) is 1. The van der Waals surface area contributed by atoms with Crippen molar-refractivity contribution in [3.63, 3.8) is 0 Å². The molecule has 2 N–H and O–H groups in total. The predicted octanol–water partition coefficient (Wildman–Crippen LogP) is 2.65. The lowest BCUT2D eigenvalue weighted by Crippen LogP contribution is -2.14. The van der Waals surface area contributed by atoms with Crippen LogP contribution >= 0.6 is 0 Å². The average Bonchev–Trinajstić information content (AvgIpc) is 2.49. The smallest absolute Gasteiger partial charge is 0.411 e. The molecule has 108 valence electrons. The van der Waals surface area contributed by atoms with Gasteiger partial charge in [-0.2, -0.15) is 0 Å². The number of rotatable bonds is 3. The Balaban J connectivity index is 2.05. The first kappa shape index (κ1) is 14.4. The van der Waals surface area contributed by atoms with Gasteiger partial charge in [0.25, 0.3) is 5.91 Å². The van der Waals surface area contributed by atoms with Gasteiger partial charge in [0.05, 0.1) is 18.9 Å². The lowest BCUT2D eigenvalue weighted by Gasteiger charge is -2.07. The first-order chi connectivity index (χ1) is 10.1. The molecule has 0 saturated heterocycles. The molecule has 21 heavy (non-hydrogen) atoms. The summed E-state index contributed by atoms with van der Waals surface area (Å²) in [6.45, 7) is 0. The highest BCUT2D eigenvalue weighted by molar-refractivity contribution is 6.04. The summed E-state index contributed by atoms with van der Waals surface area (Å²) in [5, 5.41) is 5.01. The van der Waals surface area contributed by atoms with Gasteiger partial charge in [0, 0.05) is 17.6 Å². The van der Waals surface area contributed by atoms with Crippen LogP contribution in [0.4, 0.5) is 20.6 Å². The third kappa shape index (κ3) is 3.75. The molecule has 1 aromatic heterocycles. The Morgan fingerprint density at radius 2 is 1.71 bits per heavy atom. The van der Waals surface area contributed by atoms with Crippen molar-refractivity contribution in [2.24, 2.45) is 0 Å². The normalized spacial score (nSPS) is 9.81. The molecular weight excluding hydrogens is 277 g/mol. The van der Waals surface area contributed by atoms with E-state index in [-0.39, 0.29) is 5.56 Å². The van der Waals surface area contributed by atoms with Crippen molar-refractivity contribution < 1.29 is 18.7 Å². The van der Waals surface area contributed by atoms with E-state index in [2.05, 4.69) is 20.4 Å². The standard InChI is InChI=1S/C14H12FN3O3/c1-21-14(20)18-10-4-2-9(3-5-10)17-13(19)11-6-7-16-8-12(11)15/h2-8H,1H3,(H,17,19)(H,18,20). The Labute approximate surface area is 120 Å². The van der Waals surface area contributed by atoms with Crippen LogP contribution in [0.15, 0.2) is 42.7 Å². The Kier molecular flexibility index (Phi) is 4.45. The van der Waals surface area contributed by atoms with E-state index in [1.807, 2.05) is 0 Å². The molecule has 0 spiro atoms. The van der Waals surface area contributed by atoms with Crippen LogP contribution in [0.2, 0.25) is 0 Å². The molecule has 0 aliphatic carbocycles. The molecule has 0 atom stereocenters. The second-order valence-electron chi connectivity index (χ2n) is 4.00. The first-order valence-corrected chi connectivity index (χ1v) is 5.96. The Morgan fingerprint density at radius 1 is 1.10 bits per heavy atom. The van der Waals surface area contributed by atoms with Gasteiger partial charge in [-0.25, -0.2) is 9.18 Å². The maximum atomic E-state index is 13.4. The average molecular weight is 289 g/mol. The molecule has 0 aliphatic rings. The minimum absolute atomic E-state index is 0.0956. The Bertz CT molecular complexity index is 659. The fourth-order valence-corrected chi connectivity index (χ4v) is 1.56. The van der Waals surface area contributed by atoms with Gasteiger partial charge in [-0.05, 0) is 30.3 Å². The molecule has 0 saturated carbocycles. The molecule has 7 heteroatoms. The van der Waals surface area contributed by atoms with Crippen LogP contribution in [0.3, 0.4) is 0 Å². The molecule has 1 heterocycles. The van der Waals surface area contributed by atoms with Crippen molar-refractivity contribution >= 4 is 23.4 Å². The molecule has 1 aromatic carbocycles. The number of carbonyl (C=O) groups is 2. The van der Waals surface area contributed by atoms with Crippen molar-refractivity contribution in [3.8, 4) is 0 Å². The summed E-state index contributed by atoms with van der Waals surface area (Å²) >= 11 is 0. The SMILES string of the molecule is COC(=O)Nc1ccc(NC(=O)c2ccncc2F)cc1. The lowest BCUT2D eigenvalue weighted by atomic mass is 10.2. The fourth-order valence-electron chi connectivity index (χ4n) is 1.56. The molecular formula is C14H12FN3O3. The second kappa shape index (κ2) is 6.47. The summed E-state index contributed by atoms with van der Waals surface area (Å²) in [6, 6.07) is 7.59. The van der Waals surface area contributed by atoms with Gasteiger partial charge in [0.15, 0.2) is 5.82 Å². The van der Waals surface area contributed by atoms with Gasteiger partial charge >= 0.3 is 6.09 Å². The van der Waals surface area contributed by atoms with Crippen LogP contribution < -0.4 is 10.6 Å². The van der Waals surface area contributed by atoms with Crippen LogP contribution in [0.1, 0.15) is 10.4 Å². The van der Waals surface area contributed by atoms with E-state index in [0.717, 1.165) is 6.20 Å². The van der Waals surface area contributed by atoms with Gasteiger partial charge < -0.3 is 10.1 Å². The molecule has 0 bridgehead atoms. The predicted molar refractivity (Wildman–Crippen MR) is 74.6 cm³/mol. The van der Waals surface area contributed by atoms with Crippen LogP contribution in [0.5, 0.6) is 0 Å². The number of carbonyl (C=O) groups excluding carboxylic acids is 2. The number of anilines is 2. The second-order valence-corrected chi connectivity index (χ2v) is 4.00. The monoisotopic (exact) mass is 289 g/mol. The molecule has 0 fully saturated rings. The van der Waals surface area contributed by atoms with E-state index in [9.17, 15) is 14.0 Å². The van der Waals surface area contributed by atoms with Gasteiger partial charge in [-0.15, -0.1) is 0 Å². The summed E-state index contributed by atoms with van der Waals surface area (Å²) in [4.78, 5) is 26.5. The Morgan fingerprint density at radius 3 is 2.29 bits per heavy atom. The van der Waals surface area contributed by atoms with Crippen LogP contribution in [0.25, 0.3) is 0 Å². The maximum Gasteiger partial charge on any atom is 0.411 e. The molecule has 0 aliphatic heterocycles. The number of benzene rings is 1. The van der Waals surface area contributed by atoms with E-state index in [4.69, 9.17) is 0 Å². The highest BCUT2D eigenvalue weighted by Gasteiger charge is 2.11. The number of methoxy groups -OCH3 is 1. The van der Waals surface area contributed by atoms with E-state index in [1.54, 1.807) is 24.3 Å². The molecule has 0 unspecified atom stereocenters. The topological polar surface area (TPSA) is 80.3 Å². The van der Waals surface area contributed by atoms with Crippen molar-refractivity contribution in [2.75, 3.05) is 17.7 Å². The molecule has 2 amide bonds. The van der Waals surface area contributed by atoms with E-state index < -0.39 is 17.8 Å². The summed E-state index contributed by atoms with van der Waals surface area (Å²) in [5.41, 5.74) is 0.878. The van der Waals surface area contributed by atoms with Crippen LogP contribution in [-0.2, 0) is 4.74 Å². The zero-order chi connectivity index (χ0) is 15.2. The van der Waals surface area contributed by atoms with Crippen molar-refractivity contribution in [2.45, 2.75) is 0 Å². The van der Waals surface area contributed by atoms with Gasteiger partial charge in [0.1, 0.15) is 0 Å². The fraction of sp³-hybridized carbons (Fsp3) is 0.0714. The van der Waals surface area contributed by atoms with Crippen LogP contribution in [-0.4, -0.2) is 24.1 Å². The Hall–Kier alpha value is -2.96. The third-order valence-electron chi connectivity index (χ3n) is 2.59. The van der Waals surface area contributed by atoms with Crippen molar-refractivity contribution in [1.82, 2.24) is 4.98 Å². The van der Waals surface area contributed by atoms with Gasteiger partial charge in [-0.1, -0.05) is 0 Å². The number of aromatic nitrogens is 1. The van der Waals surface area contributed by atoms with E-state index in [1.165, 1.54) is 19.4 Å². The number of hydrogen-bond acceptors (Lipinski definition) is 4. The minimum Gasteiger partial charge on any atom is -0.453 e. The van der Waals surface area contributed by atoms with Crippen molar-refractivity contribution in [3.05, 3.63) is 54.1 Å². The number of pyridine rings is 1. The summed E-state index contributed by atoms with van der Waals surface area (Å²) in [5.74, 6) is -1.28. The number of halogens is 1. The van der Waals surface area contributed by atoms with E-state index >= 15 is 0 Å². The minimum atomic E-state index is -0.695. The molecule has 6 nitrogen and oxygen atoms in total. The van der Waals surface area contributed by atoms with Crippen molar-refractivity contribution in [1.29, 1.82) is 0 Å². The van der Waals surface area contributed by atoms with Gasteiger partial charge in [0.2, 0.25) is 0 Å². The number of amides is 2. The summed E-state index contributed by atoms with van der Waals surface area (Å²) in [7, 11) is 1.26. The third-order valence-corrected chi connectivity index (χ3v) is 2.59. The largest absolute Gasteiger partial charge is 0.453 e.